The van der Waals surface area contributed by atoms with Crippen LogP contribution in [0.2, 0.25) is 0 Å². The van der Waals surface area contributed by atoms with E-state index < -0.39 is 5.41 Å². The fourth-order valence-corrected chi connectivity index (χ4v) is 5.33. The van der Waals surface area contributed by atoms with Crippen LogP contribution in [0.3, 0.4) is 0 Å². The predicted molar refractivity (Wildman–Crippen MR) is 117 cm³/mol. The van der Waals surface area contributed by atoms with E-state index in [0.717, 1.165) is 43.4 Å². The van der Waals surface area contributed by atoms with Gasteiger partial charge < -0.3 is 9.52 Å². The topological polar surface area (TPSA) is 113 Å². The van der Waals surface area contributed by atoms with Crippen molar-refractivity contribution in [1.82, 2.24) is 15.2 Å². The summed E-state index contributed by atoms with van der Waals surface area (Å²) in [5.74, 6) is 0.670. The molecule has 3 heterocycles. The lowest BCUT2D eigenvalue weighted by Gasteiger charge is -2.01. The Morgan fingerprint density at radius 1 is 1.19 bits per heavy atom. The summed E-state index contributed by atoms with van der Waals surface area (Å²) in [6, 6.07) is 12.3. The van der Waals surface area contributed by atoms with Crippen LogP contribution in [0.5, 0.6) is 0 Å². The van der Waals surface area contributed by atoms with Crippen molar-refractivity contribution in [3.63, 3.8) is 0 Å². The summed E-state index contributed by atoms with van der Waals surface area (Å²) in [5, 5.41) is 27.3. The molecule has 3 aromatic heterocycles. The highest BCUT2D eigenvalue weighted by Gasteiger charge is 2.44. The lowest BCUT2D eigenvalue weighted by atomic mass is 10.00. The molecule has 1 aliphatic rings. The van der Waals surface area contributed by atoms with Crippen LogP contribution in [0.15, 0.2) is 34.7 Å². The minimum atomic E-state index is -0.456. The van der Waals surface area contributed by atoms with Crippen LogP contribution in [-0.2, 0) is 24.2 Å². The highest BCUT2D eigenvalue weighted by atomic mass is 32.1. The molecule has 1 fully saturated rings. The number of benzene rings is 1. The Labute approximate surface area is 186 Å². The fourth-order valence-electron chi connectivity index (χ4n) is 3.47. The minimum Gasteiger partial charge on any atom is -0.424 e. The van der Waals surface area contributed by atoms with Gasteiger partial charge >= 0.3 is 0 Å². The van der Waals surface area contributed by atoms with Crippen molar-refractivity contribution in [2.45, 2.75) is 38.7 Å². The Morgan fingerprint density at radius 2 is 2.03 bits per heavy atom. The van der Waals surface area contributed by atoms with E-state index in [4.69, 9.17) is 9.68 Å². The average molecular weight is 451 g/mol. The number of aliphatic hydroxyl groups is 1. The van der Waals surface area contributed by atoms with Crippen molar-refractivity contribution in [2.24, 2.45) is 5.41 Å². The molecular formula is C22H18N4O3S2. The molecular weight excluding hydrogens is 432 g/mol. The number of thiophene rings is 1. The summed E-state index contributed by atoms with van der Waals surface area (Å²) in [4.78, 5) is 18.9. The monoisotopic (exact) mass is 450 g/mol. The maximum absolute atomic E-state index is 12.2. The molecule has 0 atom stereocenters. The fraction of sp³-hybridized carbons (Fsp3) is 0.318. The van der Waals surface area contributed by atoms with Gasteiger partial charge in [0.1, 0.15) is 10.8 Å². The van der Waals surface area contributed by atoms with Gasteiger partial charge in [-0.05, 0) is 42.7 Å². The number of nitriles is 1. The van der Waals surface area contributed by atoms with Gasteiger partial charge in [0.05, 0.1) is 41.1 Å². The first-order valence-corrected chi connectivity index (χ1v) is 11.5. The molecule has 9 heteroatoms. The molecule has 0 amide bonds. The molecule has 0 bridgehead atoms. The zero-order valence-electron chi connectivity index (χ0n) is 16.5. The number of nitrogens with zero attached hydrogens (tertiary/aromatic N) is 4. The van der Waals surface area contributed by atoms with E-state index in [2.05, 4.69) is 27.3 Å². The van der Waals surface area contributed by atoms with Crippen LogP contribution in [-0.4, -0.2) is 26.1 Å². The SMILES string of the molecule is N#CC1(CC(=O)Cc2nnc(Cc3nc4ccc(-c5ccc(CO)s5)cc4s3)o2)CC1. The van der Waals surface area contributed by atoms with Gasteiger partial charge in [0, 0.05) is 16.2 Å². The number of carbonyl (C=O) groups is 1. The quantitative estimate of drug-likeness (QED) is 0.426. The Kier molecular flexibility index (Phi) is 5.14. The first-order chi connectivity index (χ1) is 15.1. The van der Waals surface area contributed by atoms with Gasteiger partial charge in [-0.3, -0.25) is 4.79 Å². The summed E-state index contributed by atoms with van der Waals surface area (Å²) in [5.41, 5.74) is 1.54. The molecule has 4 aromatic rings. The van der Waals surface area contributed by atoms with Gasteiger partial charge in [0.2, 0.25) is 11.8 Å². The van der Waals surface area contributed by atoms with E-state index >= 15 is 0 Å². The standard InChI is InChI=1S/C22H18N4O3S2/c23-12-22(5-6-22)10-14(28)8-19-25-26-20(29-19)9-21-24-16-3-1-13(7-18(16)31-21)17-4-2-15(11-27)30-17/h1-4,7,27H,5-6,8-11H2. The van der Waals surface area contributed by atoms with Crippen molar-refractivity contribution in [3.05, 3.63) is 52.0 Å². The van der Waals surface area contributed by atoms with Gasteiger partial charge in [-0.1, -0.05) is 6.07 Å². The number of hydrogen-bond acceptors (Lipinski definition) is 9. The van der Waals surface area contributed by atoms with Gasteiger partial charge in [-0.2, -0.15) is 5.26 Å². The largest absolute Gasteiger partial charge is 0.424 e. The Balaban J connectivity index is 1.27. The molecule has 156 valence electrons. The lowest BCUT2D eigenvalue weighted by molar-refractivity contribution is -0.119. The zero-order valence-corrected chi connectivity index (χ0v) is 18.1. The highest BCUT2D eigenvalue weighted by Crippen LogP contribution is 2.48. The summed E-state index contributed by atoms with van der Waals surface area (Å²) >= 11 is 3.14. The number of aliphatic hydroxyl groups excluding tert-OH is 1. The molecule has 31 heavy (non-hydrogen) atoms. The van der Waals surface area contributed by atoms with E-state index in [1.165, 1.54) is 0 Å². The summed E-state index contributed by atoms with van der Waals surface area (Å²) in [6.07, 6.45) is 2.31. The summed E-state index contributed by atoms with van der Waals surface area (Å²) < 4.78 is 6.71. The van der Waals surface area contributed by atoms with Gasteiger partial charge in [0.25, 0.3) is 0 Å². The number of aromatic nitrogens is 3. The Hall–Kier alpha value is -2.93. The minimum absolute atomic E-state index is 0.0419. The smallest absolute Gasteiger partial charge is 0.223 e. The first kappa shape index (κ1) is 20.0. The number of Topliss-reactive ketones (excluding diaryl/α,β-unsaturated/α-hetero) is 1. The normalized spacial score (nSPS) is 14.6. The zero-order chi connectivity index (χ0) is 21.4. The summed E-state index contributed by atoms with van der Waals surface area (Å²) in [7, 11) is 0. The van der Waals surface area contributed by atoms with Gasteiger partial charge in [0.15, 0.2) is 0 Å². The van der Waals surface area contributed by atoms with E-state index in [1.807, 2.05) is 24.3 Å². The molecule has 0 unspecified atom stereocenters. The second-order valence-corrected chi connectivity index (χ2v) is 10.0. The first-order valence-electron chi connectivity index (χ1n) is 9.89. The maximum Gasteiger partial charge on any atom is 0.223 e. The van der Waals surface area contributed by atoms with E-state index in [-0.39, 0.29) is 31.1 Å². The van der Waals surface area contributed by atoms with Crippen molar-refractivity contribution in [3.8, 4) is 16.5 Å². The number of ketones is 1. The lowest BCUT2D eigenvalue weighted by Crippen LogP contribution is -2.10. The van der Waals surface area contributed by atoms with Gasteiger partial charge in [-0.25, -0.2) is 4.98 Å². The third kappa shape index (κ3) is 4.28. The summed E-state index contributed by atoms with van der Waals surface area (Å²) in [6.45, 7) is 0.0502. The van der Waals surface area contributed by atoms with Crippen molar-refractivity contribution >= 4 is 38.7 Å². The molecule has 7 nitrogen and oxygen atoms in total. The van der Waals surface area contributed by atoms with Crippen molar-refractivity contribution in [1.29, 1.82) is 5.26 Å². The molecule has 0 aliphatic heterocycles. The van der Waals surface area contributed by atoms with Gasteiger partial charge in [-0.15, -0.1) is 32.9 Å². The van der Waals surface area contributed by atoms with E-state index in [0.29, 0.717) is 12.3 Å². The molecule has 0 spiro atoms. The van der Waals surface area contributed by atoms with Crippen LogP contribution >= 0.6 is 22.7 Å². The number of rotatable bonds is 8. The Bertz CT molecular complexity index is 1310. The number of hydrogen-bond donors (Lipinski definition) is 1. The average Bonchev–Trinajstić information content (AvgIpc) is 3.13. The third-order valence-electron chi connectivity index (χ3n) is 5.32. The second-order valence-electron chi connectivity index (χ2n) is 7.76. The molecule has 1 N–H and O–H groups in total. The Morgan fingerprint density at radius 3 is 2.77 bits per heavy atom. The molecule has 5 rings (SSSR count). The van der Waals surface area contributed by atoms with Crippen LogP contribution in [0, 0.1) is 16.7 Å². The van der Waals surface area contributed by atoms with E-state index in [1.54, 1.807) is 22.7 Å². The molecule has 1 aliphatic carbocycles. The number of carbonyl (C=O) groups excluding carboxylic acids is 1. The van der Waals surface area contributed by atoms with Crippen LogP contribution in [0.1, 0.15) is 40.9 Å². The van der Waals surface area contributed by atoms with Crippen molar-refractivity contribution < 1.29 is 14.3 Å². The number of thiazole rings is 1. The van der Waals surface area contributed by atoms with Crippen LogP contribution < -0.4 is 0 Å². The van der Waals surface area contributed by atoms with Crippen molar-refractivity contribution in [2.75, 3.05) is 0 Å². The third-order valence-corrected chi connectivity index (χ3v) is 7.46. The molecule has 1 saturated carbocycles. The molecule has 0 saturated heterocycles. The highest BCUT2D eigenvalue weighted by molar-refractivity contribution is 7.18. The molecule has 0 radical (unpaired) electrons. The number of fused-ring (bicyclic) bond motifs is 1. The van der Waals surface area contributed by atoms with Crippen LogP contribution in [0.25, 0.3) is 20.7 Å². The maximum atomic E-state index is 12.2. The predicted octanol–water partition coefficient (Wildman–Crippen LogP) is 4.30. The second kappa shape index (κ2) is 7.96. The van der Waals surface area contributed by atoms with Crippen LogP contribution in [0.4, 0.5) is 0 Å². The van der Waals surface area contributed by atoms with E-state index in [9.17, 15) is 9.90 Å². The molecule has 1 aromatic carbocycles.